The predicted octanol–water partition coefficient (Wildman–Crippen LogP) is -0.366. The highest BCUT2D eigenvalue weighted by atomic mass is 31.2. The highest BCUT2D eigenvalue weighted by molar-refractivity contribution is 7.79. The number of phosphoric ester groups is 1. The molecule has 18 nitrogen and oxygen atoms in total. The molecule has 3 aromatic heterocycles. The van der Waals surface area contributed by atoms with Crippen molar-refractivity contribution in [2.75, 3.05) is 18.9 Å². The summed E-state index contributed by atoms with van der Waals surface area (Å²) in [6.45, 7) is -1.11. The van der Waals surface area contributed by atoms with Crippen molar-refractivity contribution in [3.8, 4) is 0 Å². The third kappa shape index (κ3) is 5.20. The van der Waals surface area contributed by atoms with Crippen molar-refractivity contribution in [1.82, 2.24) is 29.1 Å². The molecule has 21 heteroatoms. The quantitative estimate of drug-likeness (QED) is 0.162. The van der Waals surface area contributed by atoms with E-state index in [1.54, 1.807) is 28.8 Å². The molecule has 4 aromatic rings. The normalized spacial score (nSPS) is 38.9. The molecule has 228 valence electrons. The lowest BCUT2D eigenvalue weighted by Crippen LogP contribution is -2.39. The number of ether oxygens (including phenoxy) is 2. The number of fused-ring (bicyclic) bond motifs is 4. The third-order valence-electron chi connectivity index (χ3n) is 7.48. The SMILES string of the molecule is BP1(=O)OC[C@H]2O[C@@H](n3cnc4ccccc43)[C@@H](O)C2OP(=O)(O)OC[C@H]2O[C@@H](n3cnc4c(N)ncnc43)[C@@H](O)C2O1. The van der Waals surface area contributed by atoms with Gasteiger partial charge in [-0.15, -0.1) is 0 Å². The summed E-state index contributed by atoms with van der Waals surface area (Å²) >= 11 is 0. The summed E-state index contributed by atoms with van der Waals surface area (Å²) < 4.78 is 63.5. The molecule has 43 heavy (non-hydrogen) atoms. The van der Waals surface area contributed by atoms with Gasteiger partial charge in [0.25, 0.3) is 15.0 Å². The second-order valence-corrected chi connectivity index (χ2v) is 13.7. The maximum Gasteiger partial charge on any atom is 0.472 e. The van der Waals surface area contributed by atoms with Crippen molar-refractivity contribution in [2.24, 2.45) is 0 Å². The fourth-order valence-electron chi connectivity index (χ4n) is 5.48. The van der Waals surface area contributed by atoms with Gasteiger partial charge < -0.3 is 43.9 Å². The lowest BCUT2D eigenvalue weighted by atomic mass is 10.1. The highest BCUT2D eigenvalue weighted by Gasteiger charge is 2.53. The second kappa shape index (κ2) is 10.7. The molecule has 10 atom stereocenters. The molecule has 3 saturated heterocycles. The molecule has 5 N–H and O–H groups in total. The number of nitrogen functional groups attached to an aromatic ring is 1. The van der Waals surface area contributed by atoms with Crippen molar-refractivity contribution >= 4 is 50.9 Å². The molecule has 7 rings (SSSR count). The maximum absolute atomic E-state index is 13.5. The van der Waals surface area contributed by atoms with Gasteiger partial charge in [-0.05, 0) is 12.1 Å². The van der Waals surface area contributed by atoms with Gasteiger partial charge in [-0.1, -0.05) is 12.1 Å². The molecule has 3 fully saturated rings. The summed E-state index contributed by atoms with van der Waals surface area (Å²) in [6, 6.07) is 7.12. The van der Waals surface area contributed by atoms with Crippen LogP contribution in [0.4, 0.5) is 5.82 Å². The second-order valence-electron chi connectivity index (χ2n) is 10.3. The molecule has 3 aliphatic heterocycles. The third-order valence-corrected chi connectivity index (χ3v) is 9.71. The number of aliphatic hydroxyl groups excluding tert-OH is 2. The number of benzene rings is 1. The Morgan fingerprint density at radius 3 is 2.30 bits per heavy atom. The van der Waals surface area contributed by atoms with Crippen LogP contribution >= 0.6 is 15.3 Å². The van der Waals surface area contributed by atoms with Gasteiger partial charge >= 0.3 is 7.82 Å². The summed E-state index contributed by atoms with van der Waals surface area (Å²) in [4.78, 5) is 27.1. The molecule has 3 aliphatic rings. The van der Waals surface area contributed by atoms with Gasteiger partial charge in [-0.2, -0.15) is 0 Å². The first-order valence-corrected chi connectivity index (χ1v) is 16.6. The van der Waals surface area contributed by atoms with Crippen LogP contribution < -0.4 is 5.73 Å². The number of aliphatic hydroxyl groups is 2. The summed E-state index contributed by atoms with van der Waals surface area (Å²) in [5, 5.41) is 22.4. The number of phosphoric acid groups is 1. The topological polar surface area (TPSA) is 238 Å². The van der Waals surface area contributed by atoms with Crippen molar-refractivity contribution in [1.29, 1.82) is 0 Å². The van der Waals surface area contributed by atoms with E-state index >= 15 is 0 Å². The maximum atomic E-state index is 13.5. The zero-order valence-electron chi connectivity index (χ0n) is 22.3. The number of nitrogens with zero attached hydrogens (tertiary/aromatic N) is 6. The first-order valence-electron chi connectivity index (χ1n) is 13.1. The van der Waals surface area contributed by atoms with Crippen LogP contribution in [0.2, 0.25) is 0 Å². The molecule has 4 unspecified atom stereocenters. The van der Waals surface area contributed by atoms with E-state index < -0.39 is 77.6 Å². The van der Waals surface area contributed by atoms with Gasteiger partial charge in [0.15, 0.2) is 23.9 Å². The average Bonchev–Trinajstić information content (AvgIpc) is 3.72. The predicted molar refractivity (Wildman–Crippen MR) is 147 cm³/mol. The molecular formula is C22H26BN7O11P2. The number of para-hydroxylation sites is 2. The van der Waals surface area contributed by atoms with E-state index in [4.69, 9.17) is 33.3 Å². The number of imidazole rings is 2. The van der Waals surface area contributed by atoms with Crippen molar-refractivity contribution in [3.05, 3.63) is 43.2 Å². The summed E-state index contributed by atoms with van der Waals surface area (Å²) in [5.74, 6) is 0.102. The van der Waals surface area contributed by atoms with Gasteiger partial charge in [0.1, 0.15) is 48.5 Å². The van der Waals surface area contributed by atoms with Crippen LogP contribution in [0.15, 0.2) is 43.2 Å². The van der Waals surface area contributed by atoms with Crippen LogP contribution in [-0.2, 0) is 36.7 Å². The lowest BCUT2D eigenvalue weighted by Gasteiger charge is -2.29. The number of hydrogen-bond donors (Lipinski definition) is 4. The van der Waals surface area contributed by atoms with E-state index in [1.165, 1.54) is 31.1 Å². The van der Waals surface area contributed by atoms with Crippen molar-refractivity contribution in [3.63, 3.8) is 0 Å². The fraction of sp³-hybridized carbons (Fsp3) is 0.455. The Bertz CT molecular complexity index is 1780. The van der Waals surface area contributed by atoms with E-state index in [0.29, 0.717) is 11.0 Å². The number of nitrogens with two attached hydrogens (primary N) is 1. The van der Waals surface area contributed by atoms with E-state index in [2.05, 4.69) is 19.9 Å². The Morgan fingerprint density at radius 1 is 0.884 bits per heavy atom. The first-order chi connectivity index (χ1) is 20.5. The average molecular weight is 637 g/mol. The Balaban J connectivity index is 1.16. The van der Waals surface area contributed by atoms with Gasteiger partial charge in [0, 0.05) is 0 Å². The van der Waals surface area contributed by atoms with Crippen molar-refractivity contribution in [2.45, 2.75) is 49.1 Å². The number of hydrogen-bond acceptors (Lipinski definition) is 15. The Labute approximate surface area is 243 Å². The zero-order chi connectivity index (χ0) is 30.1. The van der Waals surface area contributed by atoms with Gasteiger partial charge in [0.2, 0.25) is 0 Å². The monoisotopic (exact) mass is 637 g/mol. The number of aromatic nitrogens is 6. The molecule has 6 heterocycles. The minimum atomic E-state index is -4.89. The van der Waals surface area contributed by atoms with Gasteiger partial charge in [-0.25, -0.2) is 24.5 Å². The van der Waals surface area contributed by atoms with E-state index in [-0.39, 0.29) is 17.0 Å². The van der Waals surface area contributed by atoms with Crippen LogP contribution in [0.25, 0.3) is 22.2 Å². The summed E-state index contributed by atoms with van der Waals surface area (Å²) in [6.07, 6.45) is -6.50. The zero-order valence-corrected chi connectivity index (χ0v) is 24.1. The summed E-state index contributed by atoms with van der Waals surface area (Å²) in [7, 11) is -7.66. The van der Waals surface area contributed by atoms with E-state index in [0.717, 1.165) is 0 Å². The van der Waals surface area contributed by atoms with Crippen LogP contribution in [0.5, 0.6) is 0 Å². The molecule has 0 bridgehead atoms. The first kappa shape index (κ1) is 28.9. The Hall–Kier alpha value is -2.80. The number of rotatable bonds is 2. The molecule has 0 aliphatic carbocycles. The number of anilines is 1. The fourth-order valence-corrected chi connectivity index (χ4v) is 7.62. The van der Waals surface area contributed by atoms with Gasteiger partial charge in [-0.3, -0.25) is 18.2 Å². The van der Waals surface area contributed by atoms with E-state index in [9.17, 15) is 24.2 Å². The smallest absolute Gasteiger partial charge is 0.386 e. The van der Waals surface area contributed by atoms with Crippen molar-refractivity contribution < 1.29 is 51.8 Å². The Kier molecular flexibility index (Phi) is 7.19. The van der Waals surface area contributed by atoms with Gasteiger partial charge in [0.05, 0.1) is 36.9 Å². The Morgan fingerprint density at radius 2 is 1.53 bits per heavy atom. The molecule has 0 radical (unpaired) electrons. The minimum Gasteiger partial charge on any atom is -0.386 e. The van der Waals surface area contributed by atoms with Crippen LogP contribution in [0.1, 0.15) is 12.5 Å². The lowest BCUT2D eigenvalue weighted by molar-refractivity contribution is -0.0615. The highest BCUT2D eigenvalue weighted by Crippen LogP contribution is 2.53. The molecule has 0 saturated carbocycles. The molecule has 0 amide bonds. The molecule has 0 spiro atoms. The van der Waals surface area contributed by atoms with Crippen LogP contribution in [0.3, 0.4) is 0 Å². The summed E-state index contributed by atoms with van der Waals surface area (Å²) in [5.41, 5.74) is 7.62. The van der Waals surface area contributed by atoms with Crippen LogP contribution in [0, 0.1) is 0 Å². The standard InChI is InChI=1S/C22H26BN7O11P2/c23-42(33)36-5-12-18(16(32)21(38-12)29-8-27-10-3-1-2-4-11(10)29)41-43(34,35)37-6-13-17(40-42)15(31)22(39-13)30-9-28-14-19(24)25-7-26-20(14)30/h1-4,7-9,12-13,15-18,21-22,31-32H,5-6,23H2,(H,34,35)(H2,24,25,26)/t12-,13-,15+,16+,17?,18?,21-,22-,42?/m1/s1. The minimum absolute atomic E-state index is 0.102. The largest absolute Gasteiger partial charge is 0.472 e. The molecule has 1 aromatic carbocycles. The molecular weight excluding hydrogens is 611 g/mol. The van der Waals surface area contributed by atoms with Crippen LogP contribution in [-0.4, -0.2) is 102 Å². The van der Waals surface area contributed by atoms with E-state index in [1.807, 2.05) is 0 Å².